The van der Waals surface area contributed by atoms with Gasteiger partial charge in [0.2, 0.25) is 10.0 Å². The molecule has 6 nitrogen and oxygen atoms in total. The molecule has 118 valence electrons. The summed E-state index contributed by atoms with van der Waals surface area (Å²) in [4.78, 5) is 0.257. The largest absolute Gasteiger partial charge is 0.356 e. The summed E-state index contributed by atoms with van der Waals surface area (Å²) in [7, 11) is -3.60. The molecule has 0 saturated carbocycles. The first kappa shape index (κ1) is 15.2. The van der Waals surface area contributed by atoms with E-state index in [0.29, 0.717) is 24.4 Å². The molecule has 0 radical (unpaired) electrons. The molecule has 2 atom stereocenters. The van der Waals surface area contributed by atoms with Crippen LogP contribution in [0.5, 0.6) is 0 Å². The van der Waals surface area contributed by atoms with E-state index >= 15 is 0 Å². The topological polar surface area (TPSA) is 75.4 Å². The van der Waals surface area contributed by atoms with Gasteiger partial charge in [-0.1, -0.05) is 17.3 Å². The van der Waals surface area contributed by atoms with Gasteiger partial charge in [-0.3, -0.25) is 0 Å². The summed E-state index contributed by atoms with van der Waals surface area (Å²) in [5, 5.41) is 6.96. The molecule has 2 aromatic rings. The molecule has 3 rings (SSSR count). The number of aromatic nitrogens is 1. The van der Waals surface area contributed by atoms with Crippen LogP contribution in [0.1, 0.15) is 13.8 Å². The summed E-state index contributed by atoms with van der Waals surface area (Å²) < 4.78 is 32.9. The Morgan fingerprint density at radius 3 is 2.77 bits per heavy atom. The van der Waals surface area contributed by atoms with E-state index in [1.165, 1.54) is 6.20 Å². The van der Waals surface area contributed by atoms with Crippen molar-refractivity contribution in [2.45, 2.75) is 30.8 Å². The van der Waals surface area contributed by atoms with Gasteiger partial charge in [0.15, 0.2) is 5.76 Å². The number of nitrogens with zero attached hydrogens (tertiary/aromatic N) is 2. The molecule has 7 heteroatoms. The Bertz CT molecular complexity index is 743. The molecule has 1 aliphatic heterocycles. The van der Waals surface area contributed by atoms with E-state index in [2.05, 4.69) is 10.5 Å². The second-order valence-electron chi connectivity index (χ2n) is 5.47. The van der Waals surface area contributed by atoms with E-state index in [1.54, 1.807) is 34.6 Å². The Labute approximate surface area is 130 Å². The first-order chi connectivity index (χ1) is 10.5. The molecule has 0 spiro atoms. The Kier molecular flexibility index (Phi) is 4.03. The normalized spacial score (nSPS) is 23.5. The van der Waals surface area contributed by atoms with Crippen LogP contribution in [0.25, 0.3) is 11.3 Å². The molecule has 0 bridgehead atoms. The van der Waals surface area contributed by atoms with Crippen LogP contribution in [0.3, 0.4) is 0 Å². The van der Waals surface area contributed by atoms with E-state index in [9.17, 15) is 8.42 Å². The zero-order valence-corrected chi connectivity index (χ0v) is 13.4. The number of sulfonamides is 1. The first-order valence-electron chi connectivity index (χ1n) is 7.27. The highest BCUT2D eigenvalue weighted by atomic mass is 32.2. The molecule has 1 fully saturated rings. The minimum Gasteiger partial charge on any atom is -0.356 e. The molecule has 1 aromatic heterocycles. The van der Waals surface area contributed by atoms with Crippen molar-refractivity contribution in [1.29, 1.82) is 0 Å². The van der Waals surface area contributed by atoms with Crippen LogP contribution in [0, 0.1) is 0 Å². The van der Waals surface area contributed by atoms with E-state index < -0.39 is 10.0 Å². The third kappa shape index (κ3) is 2.55. The van der Waals surface area contributed by atoms with Gasteiger partial charge in [-0.25, -0.2) is 8.42 Å². The highest BCUT2D eigenvalue weighted by Crippen LogP contribution is 2.30. The van der Waals surface area contributed by atoms with Crippen LogP contribution in [0.15, 0.2) is 45.9 Å². The van der Waals surface area contributed by atoms with Crippen LogP contribution in [0.4, 0.5) is 0 Å². The van der Waals surface area contributed by atoms with Gasteiger partial charge >= 0.3 is 0 Å². The summed E-state index contributed by atoms with van der Waals surface area (Å²) in [6.45, 7) is 5.02. The molecule has 2 heterocycles. The molecule has 22 heavy (non-hydrogen) atoms. The smallest absolute Gasteiger partial charge is 0.244 e. The molecule has 1 saturated heterocycles. The number of benzene rings is 1. The van der Waals surface area contributed by atoms with Crippen molar-refractivity contribution < 1.29 is 12.9 Å². The fourth-order valence-corrected chi connectivity index (χ4v) is 4.64. The summed E-state index contributed by atoms with van der Waals surface area (Å²) in [5.41, 5.74) is 0.540. The maximum atomic E-state index is 13.1. The van der Waals surface area contributed by atoms with Gasteiger partial charge < -0.3 is 9.84 Å². The van der Waals surface area contributed by atoms with Crippen molar-refractivity contribution in [1.82, 2.24) is 14.8 Å². The van der Waals surface area contributed by atoms with E-state index in [1.807, 2.05) is 13.8 Å². The highest BCUT2D eigenvalue weighted by molar-refractivity contribution is 7.89. The molecule has 1 aliphatic rings. The van der Waals surface area contributed by atoms with Crippen LogP contribution in [0.2, 0.25) is 0 Å². The summed E-state index contributed by atoms with van der Waals surface area (Å²) in [6.07, 6.45) is 1.51. The number of hydrogen-bond donors (Lipinski definition) is 1. The van der Waals surface area contributed by atoms with Crippen LogP contribution in [-0.4, -0.2) is 43.1 Å². The van der Waals surface area contributed by atoms with Gasteiger partial charge in [-0.2, -0.15) is 4.31 Å². The van der Waals surface area contributed by atoms with Crippen molar-refractivity contribution >= 4 is 10.0 Å². The average molecular weight is 321 g/mol. The second-order valence-corrected chi connectivity index (χ2v) is 7.33. The van der Waals surface area contributed by atoms with Crippen molar-refractivity contribution in [3.8, 4) is 11.3 Å². The first-order valence-corrected chi connectivity index (χ1v) is 8.71. The van der Waals surface area contributed by atoms with Crippen LogP contribution >= 0.6 is 0 Å². The molecule has 0 aliphatic carbocycles. The molecule has 1 N–H and O–H groups in total. The van der Waals surface area contributed by atoms with Crippen molar-refractivity contribution in [2.75, 3.05) is 13.1 Å². The molecular weight excluding hydrogens is 302 g/mol. The van der Waals surface area contributed by atoms with E-state index in [0.717, 1.165) is 0 Å². The third-order valence-corrected chi connectivity index (χ3v) is 6.20. The Morgan fingerprint density at radius 2 is 2.05 bits per heavy atom. The minimum absolute atomic E-state index is 0.110. The van der Waals surface area contributed by atoms with Gasteiger partial charge in [0.1, 0.15) is 0 Å². The van der Waals surface area contributed by atoms with Crippen molar-refractivity contribution in [2.24, 2.45) is 0 Å². The quantitative estimate of drug-likeness (QED) is 0.931. The highest BCUT2D eigenvalue weighted by Gasteiger charge is 2.35. The average Bonchev–Trinajstić information content (AvgIpc) is 3.04. The SMILES string of the molecule is CC1NCCN(S(=O)(=O)c2ccccc2-c2ccno2)C1C. The van der Waals surface area contributed by atoms with Crippen LogP contribution in [-0.2, 0) is 10.0 Å². The lowest BCUT2D eigenvalue weighted by Gasteiger charge is -2.37. The standard InChI is InChI=1S/C15H19N3O3S/c1-11-12(2)18(10-9-16-11)22(19,20)15-6-4-3-5-13(15)14-7-8-17-21-14/h3-8,11-12,16H,9-10H2,1-2H3. The monoisotopic (exact) mass is 321 g/mol. The maximum absolute atomic E-state index is 13.1. The van der Waals surface area contributed by atoms with E-state index in [-0.39, 0.29) is 17.0 Å². The molecule has 0 amide bonds. The number of piperazine rings is 1. The van der Waals surface area contributed by atoms with Gasteiger partial charge in [-0.15, -0.1) is 0 Å². The number of nitrogens with one attached hydrogen (secondary N) is 1. The molecule has 1 aromatic carbocycles. The summed E-state index contributed by atoms with van der Waals surface area (Å²) in [6, 6.07) is 8.54. The third-order valence-electron chi connectivity index (χ3n) is 4.15. The summed E-state index contributed by atoms with van der Waals surface area (Å²) in [5.74, 6) is 0.454. The van der Waals surface area contributed by atoms with Crippen molar-refractivity contribution in [3.05, 3.63) is 36.5 Å². The van der Waals surface area contributed by atoms with Gasteiger partial charge in [0.25, 0.3) is 0 Å². The maximum Gasteiger partial charge on any atom is 0.244 e. The zero-order valence-electron chi connectivity index (χ0n) is 12.6. The Balaban J connectivity index is 2.07. The lowest BCUT2D eigenvalue weighted by Crippen LogP contribution is -2.57. The van der Waals surface area contributed by atoms with Gasteiger partial charge in [0, 0.05) is 36.8 Å². The Hall–Kier alpha value is -1.70. The molecular formula is C15H19N3O3S. The van der Waals surface area contributed by atoms with Crippen LogP contribution < -0.4 is 5.32 Å². The Morgan fingerprint density at radius 1 is 1.27 bits per heavy atom. The van der Waals surface area contributed by atoms with Gasteiger partial charge in [0.05, 0.1) is 11.1 Å². The van der Waals surface area contributed by atoms with E-state index in [4.69, 9.17) is 4.52 Å². The van der Waals surface area contributed by atoms with Crippen molar-refractivity contribution in [3.63, 3.8) is 0 Å². The number of hydrogen-bond acceptors (Lipinski definition) is 5. The lowest BCUT2D eigenvalue weighted by molar-refractivity contribution is 0.233. The van der Waals surface area contributed by atoms with Gasteiger partial charge in [-0.05, 0) is 26.0 Å². The fraction of sp³-hybridized carbons (Fsp3) is 0.400. The lowest BCUT2D eigenvalue weighted by atomic mass is 10.1. The molecule has 2 unspecified atom stereocenters. The number of rotatable bonds is 3. The summed E-state index contributed by atoms with van der Waals surface area (Å²) >= 11 is 0. The fourth-order valence-electron chi connectivity index (χ4n) is 2.74. The second kappa shape index (κ2) is 5.83. The minimum atomic E-state index is -3.60. The predicted octanol–water partition coefficient (Wildman–Crippen LogP) is 1.71. The zero-order chi connectivity index (χ0) is 15.7. The predicted molar refractivity (Wildman–Crippen MR) is 82.8 cm³/mol.